The van der Waals surface area contributed by atoms with Gasteiger partial charge in [0.15, 0.2) is 0 Å². The summed E-state index contributed by atoms with van der Waals surface area (Å²) >= 11 is 0. The summed E-state index contributed by atoms with van der Waals surface area (Å²) in [6.07, 6.45) is 1.83. The quantitative estimate of drug-likeness (QED) is 0.350. The standard InChI is InChI=1S/C7H9NO3/c9-6-4-8-3-1-2-5(8)7(10)11-6/h5H,1-4H2. The molecule has 0 radical (unpaired) electrons. The van der Waals surface area contributed by atoms with Gasteiger partial charge in [-0.15, -0.1) is 0 Å². The third-order valence-electron chi connectivity index (χ3n) is 2.18. The fraction of sp³-hybridized carbons (Fsp3) is 0.714. The molecule has 0 aliphatic carbocycles. The summed E-state index contributed by atoms with van der Waals surface area (Å²) in [5, 5.41) is 0. The van der Waals surface area contributed by atoms with Crippen LogP contribution in [0.15, 0.2) is 0 Å². The van der Waals surface area contributed by atoms with Crippen molar-refractivity contribution in [3.8, 4) is 0 Å². The number of hydrogen-bond donors (Lipinski definition) is 0. The van der Waals surface area contributed by atoms with Crippen molar-refractivity contribution >= 4 is 11.9 Å². The van der Waals surface area contributed by atoms with E-state index < -0.39 is 5.97 Å². The highest BCUT2D eigenvalue weighted by Gasteiger charge is 2.38. The summed E-state index contributed by atoms with van der Waals surface area (Å²) < 4.78 is 4.48. The van der Waals surface area contributed by atoms with Gasteiger partial charge in [0.1, 0.15) is 6.04 Å². The van der Waals surface area contributed by atoms with Gasteiger partial charge >= 0.3 is 11.9 Å². The van der Waals surface area contributed by atoms with E-state index in [9.17, 15) is 9.59 Å². The Balaban J connectivity index is 2.16. The molecule has 1 unspecified atom stereocenters. The molecule has 11 heavy (non-hydrogen) atoms. The highest BCUT2D eigenvalue weighted by atomic mass is 16.6. The molecule has 0 aromatic carbocycles. The molecule has 2 aliphatic rings. The fourth-order valence-corrected chi connectivity index (χ4v) is 1.66. The van der Waals surface area contributed by atoms with E-state index >= 15 is 0 Å². The molecular formula is C7H9NO3. The molecule has 2 fully saturated rings. The summed E-state index contributed by atoms with van der Waals surface area (Å²) in [6.45, 7) is 1.14. The molecule has 2 rings (SSSR count). The summed E-state index contributed by atoms with van der Waals surface area (Å²) in [6, 6.07) is -0.132. The van der Waals surface area contributed by atoms with E-state index in [1.54, 1.807) is 0 Å². The van der Waals surface area contributed by atoms with Crippen molar-refractivity contribution in [3.63, 3.8) is 0 Å². The number of nitrogens with zero attached hydrogens (tertiary/aromatic N) is 1. The third-order valence-corrected chi connectivity index (χ3v) is 2.18. The molecule has 0 saturated carbocycles. The van der Waals surface area contributed by atoms with Crippen LogP contribution in [0.3, 0.4) is 0 Å². The molecule has 2 saturated heterocycles. The molecule has 1 atom stereocenters. The van der Waals surface area contributed by atoms with Crippen LogP contribution in [-0.4, -0.2) is 36.0 Å². The molecule has 4 heteroatoms. The van der Waals surface area contributed by atoms with E-state index in [0.29, 0.717) is 0 Å². The molecule has 2 heterocycles. The van der Waals surface area contributed by atoms with Crippen molar-refractivity contribution in [1.82, 2.24) is 4.90 Å². The van der Waals surface area contributed by atoms with Gasteiger partial charge < -0.3 is 4.74 Å². The van der Waals surface area contributed by atoms with Crippen molar-refractivity contribution in [1.29, 1.82) is 0 Å². The topological polar surface area (TPSA) is 46.6 Å². The van der Waals surface area contributed by atoms with Gasteiger partial charge in [0.25, 0.3) is 0 Å². The zero-order valence-electron chi connectivity index (χ0n) is 6.08. The van der Waals surface area contributed by atoms with Gasteiger partial charge in [-0.2, -0.15) is 0 Å². The lowest BCUT2D eigenvalue weighted by molar-refractivity contribution is -0.170. The van der Waals surface area contributed by atoms with Crippen molar-refractivity contribution in [2.45, 2.75) is 18.9 Å². The predicted octanol–water partition coefficient (Wildman–Crippen LogP) is -0.466. The number of hydrogen-bond acceptors (Lipinski definition) is 4. The molecule has 0 amide bonds. The SMILES string of the molecule is O=C1CN2CCCC2C(=O)O1. The van der Waals surface area contributed by atoms with Crippen LogP contribution in [0.25, 0.3) is 0 Å². The lowest BCUT2D eigenvalue weighted by Gasteiger charge is -2.25. The lowest BCUT2D eigenvalue weighted by atomic mass is 10.2. The second-order valence-electron chi connectivity index (χ2n) is 2.92. The Labute approximate surface area is 64.1 Å². The van der Waals surface area contributed by atoms with Gasteiger partial charge in [-0.1, -0.05) is 0 Å². The van der Waals surface area contributed by atoms with Crippen LogP contribution >= 0.6 is 0 Å². The van der Waals surface area contributed by atoms with E-state index in [0.717, 1.165) is 19.4 Å². The van der Waals surface area contributed by atoms with Crippen LogP contribution in [0.1, 0.15) is 12.8 Å². The monoisotopic (exact) mass is 155 g/mol. The molecule has 0 aromatic heterocycles. The molecular weight excluding hydrogens is 146 g/mol. The average Bonchev–Trinajstić information content (AvgIpc) is 2.34. The Morgan fingerprint density at radius 1 is 1.45 bits per heavy atom. The highest BCUT2D eigenvalue weighted by Crippen LogP contribution is 2.21. The minimum absolute atomic E-state index is 0.132. The van der Waals surface area contributed by atoms with Crippen LogP contribution in [0.5, 0.6) is 0 Å². The maximum Gasteiger partial charge on any atom is 0.331 e. The van der Waals surface area contributed by atoms with Crippen LogP contribution < -0.4 is 0 Å². The number of rotatable bonds is 0. The van der Waals surface area contributed by atoms with Crippen molar-refractivity contribution in [2.75, 3.05) is 13.1 Å². The van der Waals surface area contributed by atoms with Crippen molar-refractivity contribution in [2.24, 2.45) is 0 Å². The molecule has 0 bridgehead atoms. The molecule has 0 spiro atoms. The number of ether oxygens (including phenoxy) is 1. The number of cyclic esters (lactones) is 2. The van der Waals surface area contributed by atoms with Crippen LogP contribution in [-0.2, 0) is 14.3 Å². The summed E-state index contributed by atoms with van der Waals surface area (Å²) in [5.41, 5.74) is 0. The van der Waals surface area contributed by atoms with Crippen molar-refractivity contribution < 1.29 is 14.3 Å². The van der Waals surface area contributed by atoms with E-state index in [4.69, 9.17) is 0 Å². The Morgan fingerprint density at radius 2 is 2.27 bits per heavy atom. The van der Waals surface area contributed by atoms with E-state index in [2.05, 4.69) is 4.74 Å². The minimum Gasteiger partial charge on any atom is -0.391 e. The minimum atomic E-state index is -0.409. The largest absolute Gasteiger partial charge is 0.391 e. The number of carbonyl (C=O) groups is 2. The zero-order valence-corrected chi connectivity index (χ0v) is 6.08. The first-order valence-corrected chi connectivity index (χ1v) is 3.76. The predicted molar refractivity (Wildman–Crippen MR) is 35.7 cm³/mol. The molecule has 2 aliphatic heterocycles. The van der Waals surface area contributed by atoms with Gasteiger partial charge in [0.05, 0.1) is 6.54 Å². The van der Waals surface area contributed by atoms with Crippen LogP contribution in [0.2, 0.25) is 0 Å². The highest BCUT2D eigenvalue weighted by molar-refractivity contribution is 5.92. The normalized spacial score (nSPS) is 31.8. The Hall–Kier alpha value is -0.900. The van der Waals surface area contributed by atoms with Crippen LogP contribution in [0, 0.1) is 0 Å². The van der Waals surface area contributed by atoms with Crippen molar-refractivity contribution in [3.05, 3.63) is 0 Å². The number of morpholine rings is 1. The van der Waals surface area contributed by atoms with E-state index in [1.807, 2.05) is 4.90 Å². The number of esters is 2. The zero-order chi connectivity index (χ0) is 7.84. The number of carbonyl (C=O) groups excluding carboxylic acids is 2. The summed E-state index contributed by atoms with van der Waals surface area (Å²) in [4.78, 5) is 23.6. The Morgan fingerprint density at radius 3 is 3.09 bits per heavy atom. The molecule has 0 aromatic rings. The first kappa shape index (κ1) is 6.79. The first-order chi connectivity index (χ1) is 5.27. The van der Waals surface area contributed by atoms with Gasteiger partial charge in [0, 0.05) is 0 Å². The Bertz CT molecular complexity index is 214. The van der Waals surface area contributed by atoms with Gasteiger partial charge in [-0.3, -0.25) is 9.69 Å². The fourth-order valence-electron chi connectivity index (χ4n) is 1.66. The van der Waals surface area contributed by atoms with Gasteiger partial charge in [-0.05, 0) is 19.4 Å². The van der Waals surface area contributed by atoms with Crippen LogP contribution in [0.4, 0.5) is 0 Å². The maximum absolute atomic E-state index is 11.0. The second-order valence-corrected chi connectivity index (χ2v) is 2.92. The summed E-state index contributed by atoms with van der Waals surface area (Å²) in [7, 11) is 0. The first-order valence-electron chi connectivity index (χ1n) is 3.76. The Kier molecular flexibility index (Phi) is 1.42. The second kappa shape index (κ2) is 2.30. The average molecular weight is 155 g/mol. The van der Waals surface area contributed by atoms with Gasteiger partial charge in [0.2, 0.25) is 0 Å². The lowest BCUT2D eigenvalue weighted by Crippen LogP contribution is -2.47. The molecule has 4 nitrogen and oxygen atoms in total. The molecule has 60 valence electrons. The third kappa shape index (κ3) is 1.03. The van der Waals surface area contributed by atoms with E-state index in [1.165, 1.54) is 0 Å². The van der Waals surface area contributed by atoms with Gasteiger partial charge in [-0.25, -0.2) is 4.79 Å². The summed E-state index contributed by atoms with van der Waals surface area (Å²) in [5.74, 6) is -0.771. The molecule has 0 N–H and O–H groups in total. The smallest absolute Gasteiger partial charge is 0.331 e. The number of fused-ring (bicyclic) bond motifs is 1. The maximum atomic E-state index is 11.0. The van der Waals surface area contributed by atoms with E-state index in [-0.39, 0.29) is 18.6 Å².